The summed E-state index contributed by atoms with van der Waals surface area (Å²) in [7, 11) is 1.56. The molecule has 1 N–H and O–H groups in total. The molecule has 110 valence electrons. The molecule has 0 saturated heterocycles. The van der Waals surface area contributed by atoms with Crippen molar-refractivity contribution in [1.29, 1.82) is 0 Å². The zero-order valence-electron chi connectivity index (χ0n) is 11.5. The Morgan fingerprint density at radius 2 is 1.95 bits per heavy atom. The molecule has 1 rings (SSSR count). The lowest BCUT2D eigenvalue weighted by Gasteiger charge is -2.19. The fourth-order valence-electron chi connectivity index (χ4n) is 1.57. The molecule has 1 atom stereocenters. The molecule has 0 saturated carbocycles. The van der Waals surface area contributed by atoms with Gasteiger partial charge in [-0.05, 0) is 24.3 Å². The third-order valence-corrected chi connectivity index (χ3v) is 2.79. The summed E-state index contributed by atoms with van der Waals surface area (Å²) in [6, 6.07) is 5.52. The van der Waals surface area contributed by atoms with E-state index in [2.05, 4.69) is 0 Å². The van der Waals surface area contributed by atoms with Gasteiger partial charge >= 0.3 is 5.97 Å². The first-order chi connectivity index (χ1) is 9.40. The van der Waals surface area contributed by atoms with E-state index in [0.717, 1.165) is 0 Å². The summed E-state index contributed by atoms with van der Waals surface area (Å²) in [6.07, 6.45) is 0.139. The number of hydrogen-bond acceptors (Lipinski definition) is 3. The SMILES string of the molecule is CC(CN(C)C(=O)CCOc1ccc(F)cc1)C(=O)O. The Labute approximate surface area is 117 Å². The van der Waals surface area contributed by atoms with E-state index in [4.69, 9.17) is 9.84 Å². The second-order valence-electron chi connectivity index (χ2n) is 4.57. The number of carbonyl (C=O) groups excluding carboxylic acids is 1. The summed E-state index contributed by atoms with van der Waals surface area (Å²) in [6.45, 7) is 1.86. The van der Waals surface area contributed by atoms with Crippen LogP contribution in [-0.2, 0) is 9.59 Å². The van der Waals surface area contributed by atoms with Crippen molar-refractivity contribution in [3.8, 4) is 5.75 Å². The molecule has 1 amide bonds. The number of aliphatic carboxylic acids is 1. The highest BCUT2D eigenvalue weighted by Gasteiger charge is 2.17. The molecule has 0 aliphatic heterocycles. The molecular formula is C14H18FNO4. The average Bonchev–Trinajstić information content (AvgIpc) is 2.40. The Balaban J connectivity index is 2.32. The van der Waals surface area contributed by atoms with Gasteiger partial charge < -0.3 is 14.7 Å². The lowest BCUT2D eigenvalue weighted by molar-refractivity contribution is -0.142. The topological polar surface area (TPSA) is 66.8 Å². The monoisotopic (exact) mass is 283 g/mol. The maximum absolute atomic E-state index is 12.7. The van der Waals surface area contributed by atoms with E-state index in [-0.39, 0.29) is 31.3 Å². The second kappa shape index (κ2) is 7.47. The van der Waals surface area contributed by atoms with Crippen LogP contribution in [0.15, 0.2) is 24.3 Å². The Bertz CT molecular complexity index is 461. The quantitative estimate of drug-likeness (QED) is 0.828. The molecule has 0 radical (unpaired) electrons. The zero-order valence-corrected chi connectivity index (χ0v) is 11.5. The van der Waals surface area contributed by atoms with Gasteiger partial charge in [0.15, 0.2) is 0 Å². The Morgan fingerprint density at radius 1 is 1.35 bits per heavy atom. The van der Waals surface area contributed by atoms with Gasteiger partial charge in [0.2, 0.25) is 5.91 Å². The number of rotatable bonds is 7. The van der Waals surface area contributed by atoms with Crippen LogP contribution in [0.1, 0.15) is 13.3 Å². The van der Waals surface area contributed by atoms with E-state index in [9.17, 15) is 14.0 Å². The molecule has 0 fully saturated rings. The minimum absolute atomic E-state index is 0.139. The maximum atomic E-state index is 12.7. The highest BCUT2D eigenvalue weighted by molar-refractivity contribution is 5.77. The van der Waals surface area contributed by atoms with Gasteiger partial charge in [-0.1, -0.05) is 6.92 Å². The van der Waals surface area contributed by atoms with Crippen molar-refractivity contribution in [1.82, 2.24) is 4.90 Å². The minimum atomic E-state index is -0.938. The van der Waals surface area contributed by atoms with Crippen molar-refractivity contribution >= 4 is 11.9 Å². The van der Waals surface area contributed by atoms with Crippen LogP contribution in [0.25, 0.3) is 0 Å². The lowest BCUT2D eigenvalue weighted by atomic mass is 10.2. The number of halogens is 1. The van der Waals surface area contributed by atoms with Gasteiger partial charge in [-0.2, -0.15) is 0 Å². The van der Waals surface area contributed by atoms with Crippen LogP contribution in [0.2, 0.25) is 0 Å². The number of carbonyl (C=O) groups is 2. The third-order valence-electron chi connectivity index (χ3n) is 2.79. The largest absolute Gasteiger partial charge is 0.493 e. The molecule has 0 aliphatic carbocycles. The summed E-state index contributed by atoms with van der Waals surface area (Å²) < 4.78 is 18.0. The standard InChI is InChI=1S/C14H18FNO4/c1-10(14(18)19)9-16(2)13(17)7-8-20-12-5-3-11(15)4-6-12/h3-6,10H,7-9H2,1-2H3,(H,18,19). The first-order valence-corrected chi connectivity index (χ1v) is 6.25. The average molecular weight is 283 g/mol. The summed E-state index contributed by atoms with van der Waals surface area (Å²) in [4.78, 5) is 23.8. The number of nitrogens with zero attached hydrogens (tertiary/aromatic N) is 1. The minimum Gasteiger partial charge on any atom is -0.493 e. The Hall–Kier alpha value is -2.11. The Morgan fingerprint density at radius 3 is 2.50 bits per heavy atom. The number of carboxylic acids is 1. The van der Waals surface area contributed by atoms with Crippen molar-refractivity contribution in [2.45, 2.75) is 13.3 Å². The Kier molecular flexibility index (Phi) is 5.96. The van der Waals surface area contributed by atoms with E-state index >= 15 is 0 Å². The number of hydrogen-bond donors (Lipinski definition) is 1. The van der Waals surface area contributed by atoms with Gasteiger partial charge in [-0.25, -0.2) is 4.39 Å². The zero-order chi connectivity index (χ0) is 15.1. The molecule has 0 aliphatic rings. The maximum Gasteiger partial charge on any atom is 0.308 e. The van der Waals surface area contributed by atoms with E-state index in [1.54, 1.807) is 14.0 Å². The molecule has 0 aromatic heterocycles. The van der Waals surface area contributed by atoms with Crippen molar-refractivity contribution in [3.63, 3.8) is 0 Å². The van der Waals surface area contributed by atoms with Crippen LogP contribution < -0.4 is 4.74 Å². The lowest BCUT2D eigenvalue weighted by Crippen LogP contribution is -2.34. The number of benzene rings is 1. The van der Waals surface area contributed by atoms with Crippen LogP contribution in [0.5, 0.6) is 5.75 Å². The van der Waals surface area contributed by atoms with E-state index in [0.29, 0.717) is 5.75 Å². The van der Waals surface area contributed by atoms with Crippen LogP contribution in [0.3, 0.4) is 0 Å². The molecule has 20 heavy (non-hydrogen) atoms. The van der Waals surface area contributed by atoms with Crippen molar-refractivity contribution < 1.29 is 23.8 Å². The smallest absolute Gasteiger partial charge is 0.308 e. The highest BCUT2D eigenvalue weighted by Crippen LogP contribution is 2.11. The van der Waals surface area contributed by atoms with E-state index < -0.39 is 11.9 Å². The summed E-state index contributed by atoms with van der Waals surface area (Å²) >= 11 is 0. The summed E-state index contributed by atoms with van der Waals surface area (Å²) in [5, 5.41) is 8.77. The van der Waals surface area contributed by atoms with Crippen molar-refractivity contribution in [2.24, 2.45) is 5.92 Å². The molecular weight excluding hydrogens is 265 g/mol. The number of ether oxygens (including phenoxy) is 1. The second-order valence-corrected chi connectivity index (χ2v) is 4.57. The molecule has 0 spiro atoms. The van der Waals surface area contributed by atoms with Crippen molar-refractivity contribution in [2.75, 3.05) is 20.2 Å². The van der Waals surface area contributed by atoms with Crippen LogP contribution in [0, 0.1) is 11.7 Å². The first kappa shape index (κ1) is 15.9. The number of amides is 1. The molecule has 0 heterocycles. The van der Waals surface area contributed by atoms with Crippen LogP contribution >= 0.6 is 0 Å². The van der Waals surface area contributed by atoms with E-state index in [1.165, 1.54) is 29.2 Å². The van der Waals surface area contributed by atoms with Crippen molar-refractivity contribution in [3.05, 3.63) is 30.1 Å². The molecule has 1 aromatic carbocycles. The van der Waals surface area contributed by atoms with Gasteiger partial charge in [0, 0.05) is 13.6 Å². The molecule has 0 bridgehead atoms. The van der Waals surface area contributed by atoms with Gasteiger partial charge in [0.05, 0.1) is 18.9 Å². The molecule has 1 unspecified atom stereocenters. The van der Waals surface area contributed by atoms with E-state index in [1.807, 2.05) is 0 Å². The number of carboxylic acid groups (broad SMARTS) is 1. The van der Waals surface area contributed by atoms with Crippen LogP contribution in [0.4, 0.5) is 4.39 Å². The third kappa shape index (κ3) is 5.26. The van der Waals surface area contributed by atoms with Crippen LogP contribution in [-0.4, -0.2) is 42.1 Å². The summed E-state index contributed by atoms with van der Waals surface area (Å²) in [5.74, 6) is -1.61. The fourth-order valence-corrected chi connectivity index (χ4v) is 1.57. The van der Waals surface area contributed by atoms with Gasteiger partial charge in [-0.15, -0.1) is 0 Å². The van der Waals surface area contributed by atoms with Gasteiger partial charge in [-0.3, -0.25) is 9.59 Å². The normalized spacial score (nSPS) is 11.8. The predicted octanol–water partition coefficient (Wildman–Crippen LogP) is 1.77. The van der Waals surface area contributed by atoms with Gasteiger partial charge in [0.25, 0.3) is 0 Å². The van der Waals surface area contributed by atoms with Gasteiger partial charge in [0.1, 0.15) is 11.6 Å². The first-order valence-electron chi connectivity index (χ1n) is 6.25. The highest BCUT2D eigenvalue weighted by atomic mass is 19.1. The predicted molar refractivity (Wildman–Crippen MR) is 70.9 cm³/mol. The molecule has 1 aromatic rings. The molecule has 5 nitrogen and oxygen atoms in total. The summed E-state index contributed by atoms with van der Waals surface area (Å²) in [5.41, 5.74) is 0. The molecule has 6 heteroatoms. The fraction of sp³-hybridized carbons (Fsp3) is 0.429.